The van der Waals surface area contributed by atoms with Gasteiger partial charge in [-0.25, -0.2) is 0 Å². The van der Waals surface area contributed by atoms with Crippen molar-refractivity contribution in [1.29, 1.82) is 0 Å². The van der Waals surface area contributed by atoms with E-state index >= 15 is 0 Å². The first-order valence-corrected chi connectivity index (χ1v) is 7.48. The molecule has 110 valence electrons. The van der Waals surface area contributed by atoms with Crippen molar-refractivity contribution < 1.29 is 4.74 Å². The highest BCUT2D eigenvalue weighted by Gasteiger charge is 2.20. The predicted octanol–water partition coefficient (Wildman–Crippen LogP) is 2.14. The van der Waals surface area contributed by atoms with Crippen LogP contribution in [0.25, 0.3) is 0 Å². The zero-order valence-corrected chi connectivity index (χ0v) is 12.0. The third kappa shape index (κ3) is 4.79. The highest BCUT2D eigenvalue weighted by Crippen LogP contribution is 2.19. The van der Waals surface area contributed by atoms with Crippen LogP contribution in [0.5, 0.6) is 5.88 Å². The van der Waals surface area contributed by atoms with E-state index in [0.29, 0.717) is 18.5 Å². The Balaban J connectivity index is 1.36. The van der Waals surface area contributed by atoms with E-state index in [-0.39, 0.29) is 0 Å². The number of ether oxygens (including phenoxy) is 1. The second-order valence-corrected chi connectivity index (χ2v) is 5.33. The van der Waals surface area contributed by atoms with Crippen molar-refractivity contribution in [2.45, 2.75) is 38.3 Å². The minimum absolute atomic E-state index is 0.597. The first kappa shape index (κ1) is 13.9. The van der Waals surface area contributed by atoms with Crippen LogP contribution in [0.3, 0.4) is 0 Å². The van der Waals surface area contributed by atoms with Gasteiger partial charge in [0.2, 0.25) is 5.88 Å². The van der Waals surface area contributed by atoms with Gasteiger partial charge in [-0.15, -0.1) is 5.10 Å². The zero-order chi connectivity index (χ0) is 14.3. The summed E-state index contributed by atoms with van der Waals surface area (Å²) >= 11 is 0. The molecule has 1 saturated carbocycles. The summed E-state index contributed by atoms with van der Waals surface area (Å²) in [6.07, 6.45) is 8.14. The Morgan fingerprint density at radius 2 is 1.95 bits per heavy atom. The molecule has 0 bridgehead atoms. The van der Waals surface area contributed by atoms with Gasteiger partial charge in [0.15, 0.2) is 0 Å². The first-order chi connectivity index (χ1) is 10.4. The maximum absolute atomic E-state index is 5.61. The summed E-state index contributed by atoms with van der Waals surface area (Å²) in [5.41, 5.74) is 2.24. The molecule has 3 rings (SSSR count). The number of nitrogens with zero attached hydrogens (tertiary/aromatic N) is 3. The van der Waals surface area contributed by atoms with E-state index in [0.717, 1.165) is 25.1 Å². The van der Waals surface area contributed by atoms with Gasteiger partial charge >= 0.3 is 0 Å². The van der Waals surface area contributed by atoms with E-state index in [1.807, 2.05) is 36.7 Å². The van der Waals surface area contributed by atoms with E-state index in [1.54, 1.807) is 0 Å². The molecule has 0 atom stereocenters. The third-order valence-electron chi connectivity index (χ3n) is 3.45. The molecule has 1 aliphatic rings. The lowest BCUT2D eigenvalue weighted by molar-refractivity contribution is 0.295. The smallest absolute Gasteiger partial charge is 0.233 e. The van der Waals surface area contributed by atoms with Crippen LogP contribution in [0.1, 0.15) is 30.5 Å². The van der Waals surface area contributed by atoms with Crippen molar-refractivity contribution in [1.82, 2.24) is 20.5 Å². The van der Waals surface area contributed by atoms with Crippen molar-refractivity contribution in [3.8, 4) is 5.88 Å². The van der Waals surface area contributed by atoms with E-state index in [9.17, 15) is 0 Å². The quantitative estimate of drug-likeness (QED) is 0.753. The van der Waals surface area contributed by atoms with E-state index in [2.05, 4.69) is 20.5 Å². The van der Waals surface area contributed by atoms with Crippen molar-refractivity contribution in [2.24, 2.45) is 0 Å². The lowest BCUT2D eigenvalue weighted by Gasteiger charge is -2.06. The van der Waals surface area contributed by atoms with Gasteiger partial charge in [-0.2, -0.15) is 5.10 Å². The molecule has 5 nitrogen and oxygen atoms in total. The second-order valence-electron chi connectivity index (χ2n) is 5.33. The average Bonchev–Trinajstić information content (AvgIpc) is 3.36. The summed E-state index contributed by atoms with van der Waals surface area (Å²) in [5.74, 6) is 0.597. The summed E-state index contributed by atoms with van der Waals surface area (Å²) in [6.45, 7) is 1.44. The number of rotatable bonds is 8. The molecule has 0 unspecified atom stereocenters. The Hall–Kier alpha value is -2.01. The van der Waals surface area contributed by atoms with Gasteiger partial charge in [0.25, 0.3) is 0 Å². The molecule has 2 aromatic heterocycles. The minimum Gasteiger partial charge on any atom is -0.477 e. The molecule has 5 heteroatoms. The monoisotopic (exact) mass is 284 g/mol. The van der Waals surface area contributed by atoms with Crippen LogP contribution in [0, 0.1) is 0 Å². The second kappa shape index (κ2) is 7.13. The van der Waals surface area contributed by atoms with Crippen LogP contribution < -0.4 is 10.1 Å². The molecule has 0 amide bonds. The van der Waals surface area contributed by atoms with Crippen LogP contribution in [-0.4, -0.2) is 27.8 Å². The molecule has 0 radical (unpaired) electrons. The van der Waals surface area contributed by atoms with Gasteiger partial charge < -0.3 is 10.1 Å². The average molecular weight is 284 g/mol. The first-order valence-electron chi connectivity index (χ1n) is 7.48. The summed E-state index contributed by atoms with van der Waals surface area (Å²) in [7, 11) is 0. The predicted molar refractivity (Wildman–Crippen MR) is 79.9 cm³/mol. The standard InChI is InChI=1S/C16H20N4O/c1(2-13-7-9-17-10-8-13)11-21-16-6-5-15(19-20-16)12-18-14-3-4-14/h5-10,14,18H,1-4,11-12H2. The topological polar surface area (TPSA) is 59.9 Å². The van der Waals surface area contributed by atoms with Crippen molar-refractivity contribution in [3.63, 3.8) is 0 Å². The molecule has 0 saturated heterocycles. The van der Waals surface area contributed by atoms with Crippen LogP contribution in [0.4, 0.5) is 0 Å². The van der Waals surface area contributed by atoms with E-state index < -0.39 is 0 Å². The van der Waals surface area contributed by atoms with Gasteiger partial charge in [0, 0.05) is 31.0 Å². The lowest BCUT2D eigenvalue weighted by Crippen LogP contribution is -2.16. The number of aromatic nitrogens is 3. The Morgan fingerprint density at radius 3 is 2.67 bits per heavy atom. The molecular formula is C16H20N4O. The molecule has 1 fully saturated rings. The zero-order valence-electron chi connectivity index (χ0n) is 12.0. The van der Waals surface area contributed by atoms with Gasteiger partial charge in [0.05, 0.1) is 12.3 Å². The highest BCUT2D eigenvalue weighted by molar-refractivity contribution is 5.12. The lowest BCUT2D eigenvalue weighted by atomic mass is 10.1. The summed E-state index contributed by atoms with van der Waals surface area (Å²) < 4.78 is 5.61. The molecule has 21 heavy (non-hydrogen) atoms. The van der Waals surface area contributed by atoms with Crippen LogP contribution >= 0.6 is 0 Å². The molecule has 1 aliphatic carbocycles. The van der Waals surface area contributed by atoms with Gasteiger partial charge in [0.1, 0.15) is 0 Å². The maximum Gasteiger partial charge on any atom is 0.233 e. The molecule has 2 aromatic rings. The van der Waals surface area contributed by atoms with Gasteiger partial charge in [-0.3, -0.25) is 4.98 Å². The Labute approximate surface area is 124 Å². The van der Waals surface area contributed by atoms with E-state index in [4.69, 9.17) is 4.74 Å². The van der Waals surface area contributed by atoms with E-state index in [1.165, 1.54) is 18.4 Å². The SMILES string of the molecule is c1cc(CCCOc2ccc(CNC3CC3)nn2)ccn1. The fourth-order valence-electron chi connectivity index (χ4n) is 2.06. The fraction of sp³-hybridized carbons (Fsp3) is 0.438. The normalized spacial score (nSPS) is 14.1. The van der Waals surface area contributed by atoms with Crippen molar-refractivity contribution >= 4 is 0 Å². The van der Waals surface area contributed by atoms with Gasteiger partial charge in [-0.05, 0) is 49.4 Å². The molecule has 0 aliphatic heterocycles. The maximum atomic E-state index is 5.61. The minimum atomic E-state index is 0.597. The number of hydrogen-bond donors (Lipinski definition) is 1. The van der Waals surface area contributed by atoms with Crippen molar-refractivity contribution in [3.05, 3.63) is 47.9 Å². The Kier molecular flexibility index (Phi) is 4.74. The third-order valence-corrected chi connectivity index (χ3v) is 3.45. The summed E-state index contributed by atoms with van der Waals surface area (Å²) in [5, 5.41) is 11.7. The largest absolute Gasteiger partial charge is 0.477 e. The Bertz CT molecular complexity index is 540. The van der Waals surface area contributed by atoms with Crippen molar-refractivity contribution in [2.75, 3.05) is 6.61 Å². The van der Waals surface area contributed by atoms with Gasteiger partial charge in [-0.1, -0.05) is 0 Å². The number of hydrogen-bond acceptors (Lipinski definition) is 5. The highest BCUT2D eigenvalue weighted by atomic mass is 16.5. The summed E-state index contributed by atoms with van der Waals surface area (Å²) in [6, 6.07) is 8.61. The molecule has 0 aromatic carbocycles. The Morgan fingerprint density at radius 1 is 1.10 bits per heavy atom. The fourth-order valence-corrected chi connectivity index (χ4v) is 2.06. The molecule has 2 heterocycles. The summed E-state index contributed by atoms with van der Waals surface area (Å²) in [4.78, 5) is 4.00. The van der Waals surface area contributed by atoms with Crippen LogP contribution in [0.2, 0.25) is 0 Å². The molecule has 1 N–H and O–H groups in total. The molecular weight excluding hydrogens is 264 g/mol. The molecule has 0 spiro atoms. The van der Waals surface area contributed by atoms with Crippen LogP contribution in [-0.2, 0) is 13.0 Å². The number of aryl methyl sites for hydroxylation is 1. The number of nitrogens with one attached hydrogen (secondary N) is 1. The number of pyridine rings is 1. The van der Waals surface area contributed by atoms with Crippen LogP contribution in [0.15, 0.2) is 36.7 Å².